The Hall–Kier alpha value is -1.83. The quantitative estimate of drug-likeness (QED) is 0.816. The molecule has 0 aromatic heterocycles. The number of carbonyl (C=O) groups is 1. The molecule has 0 radical (unpaired) electrons. The molecule has 0 spiro atoms. The summed E-state index contributed by atoms with van der Waals surface area (Å²) in [6.45, 7) is 1.72. The second-order valence-electron chi connectivity index (χ2n) is 5.07. The molecule has 2 aromatic carbocycles. The van der Waals surface area contributed by atoms with E-state index >= 15 is 0 Å². The normalized spacial score (nSPS) is 19.9. The molecular weight excluding hydrogens is 368 g/mol. The molecule has 5 nitrogen and oxygen atoms in total. The highest BCUT2D eigenvalue weighted by atomic mass is 35.5. The van der Waals surface area contributed by atoms with Gasteiger partial charge >= 0.3 is 0 Å². The highest BCUT2D eigenvalue weighted by molar-refractivity contribution is 8.16. The second kappa shape index (κ2) is 6.58. The molecule has 24 heavy (non-hydrogen) atoms. The van der Waals surface area contributed by atoms with Gasteiger partial charge in [-0.3, -0.25) is 9.69 Å². The van der Waals surface area contributed by atoms with E-state index in [0.717, 1.165) is 11.8 Å². The van der Waals surface area contributed by atoms with Crippen molar-refractivity contribution in [1.29, 1.82) is 0 Å². The van der Waals surface area contributed by atoms with Crippen molar-refractivity contribution in [1.82, 2.24) is 0 Å². The average molecular weight is 381 g/mol. The first-order valence-corrected chi connectivity index (χ1v) is 9.74. The molecule has 1 amide bonds. The van der Waals surface area contributed by atoms with E-state index in [0.29, 0.717) is 10.7 Å². The Bertz CT molecular complexity index is 897. The van der Waals surface area contributed by atoms with Gasteiger partial charge in [0.15, 0.2) is 5.17 Å². The lowest BCUT2D eigenvalue weighted by atomic mass is 10.3. The van der Waals surface area contributed by atoms with E-state index in [1.54, 1.807) is 31.2 Å². The molecule has 1 aliphatic heterocycles. The predicted molar refractivity (Wildman–Crippen MR) is 97.1 cm³/mol. The zero-order valence-electron chi connectivity index (χ0n) is 12.6. The molecule has 3 rings (SSSR count). The number of nitrogens with zero attached hydrogens (tertiary/aromatic N) is 2. The molecule has 1 fully saturated rings. The zero-order valence-corrected chi connectivity index (χ0v) is 15.0. The highest BCUT2D eigenvalue weighted by Gasteiger charge is 2.37. The van der Waals surface area contributed by atoms with Gasteiger partial charge in [0.05, 0.1) is 15.8 Å². The van der Waals surface area contributed by atoms with Crippen LogP contribution in [0.3, 0.4) is 0 Å². The van der Waals surface area contributed by atoms with Crippen LogP contribution in [-0.2, 0) is 14.8 Å². The first kappa shape index (κ1) is 17.0. The summed E-state index contributed by atoms with van der Waals surface area (Å²) < 4.78 is 28.9. The van der Waals surface area contributed by atoms with Gasteiger partial charge in [0.1, 0.15) is 0 Å². The van der Waals surface area contributed by atoms with Gasteiger partial charge in [0.25, 0.3) is 10.0 Å². The number of hydrogen-bond acceptors (Lipinski definition) is 4. The molecule has 0 saturated carbocycles. The standard InChI is InChI=1S/C16H13ClN2O3S2/c1-11-15(20)19(13-5-3-2-4-6-13)16(23-11)18-24(21,22)14-9-7-12(17)8-10-14/h2-11H,1H3/b18-16-. The van der Waals surface area contributed by atoms with Gasteiger partial charge in [-0.05, 0) is 43.3 Å². The monoisotopic (exact) mass is 380 g/mol. The van der Waals surface area contributed by atoms with Gasteiger partial charge in [0, 0.05) is 5.02 Å². The van der Waals surface area contributed by atoms with Gasteiger partial charge < -0.3 is 0 Å². The second-order valence-corrected chi connectivity index (χ2v) is 8.42. The summed E-state index contributed by atoms with van der Waals surface area (Å²) in [5.74, 6) is -0.198. The van der Waals surface area contributed by atoms with E-state index in [4.69, 9.17) is 11.6 Å². The Morgan fingerprint density at radius 2 is 1.71 bits per heavy atom. The van der Waals surface area contributed by atoms with Crippen molar-refractivity contribution < 1.29 is 13.2 Å². The highest BCUT2D eigenvalue weighted by Crippen LogP contribution is 2.32. The van der Waals surface area contributed by atoms with Gasteiger partial charge in [-0.2, -0.15) is 8.42 Å². The largest absolute Gasteiger partial charge is 0.284 e. The minimum absolute atomic E-state index is 0.0278. The number of thioether (sulfide) groups is 1. The number of amides is 1. The van der Waals surface area contributed by atoms with Crippen LogP contribution >= 0.6 is 23.4 Å². The topological polar surface area (TPSA) is 66.8 Å². The Balaban J connectivity index is 2.04. The van der Waals surface area contributed by atoms with E-state index in [2.05, 4.69) is 4.40 Å². The number of carbonyl (C=O) groups excluding carboxylic acids is 1. The molecule has 0 bridgehead atoms. The fraction of sp³-hybridized carbons (Fsp3) is 0.125. The fourth-order valence-electron chi connectivity index (χ4n) is 2.18. The van der Waals surface area contributed by atoms with Crippen molar-refractivity contribution in [2.24, 2.45) is 4.40 Å². The van der Waals surface area contributed by atoms with Gasteiger partial charge in [-0.25, -0.2) is 0 Å². The minimum Gasteiger partial charge on any atom is -0.273 e. The van der Waals surface area contributed by atoms with Crippen molar-refractivity contribution in [3.63, 3.8) is 0 Å². The number of rotatable bonds is 3. The number of amidine groups is 1. The van der Waals surface area contributed by atoms with Crippen LogP contribution < -0.4 is 4.90 Å². The molecule has 0 aliphatic carbocycles. The number of sulfonamides is 1. The Morgan fingerprint density at radius 3 is 2.33 bits per heavy atom. The van der Waals surface area contributed by atoms with Crippen molar-refractivity contribution in [3.8, 4) is 0 Å². The number of anilines is 1. The number of hydrogen-bond donors (Lipinski definition) is 0. The summed E-state index contributed by atoms with van der Waals surface area (Å²) in [7, 11) is -3.93. The fourth-order valence-corrected chi connectivity index (χ4v) is 4.46. The maximum absolute atomic E-state index is 12.5. The molecule has 8 heteroatoms. The lowest BCUT2D eigenvalue weighted by Crippen LogP contribution is -2.31. The van der Waals surface area contributed by atoms with Crippen LogP contribution in [0.25, 0.3) is 0 Å². The summed E-state index contributed by atoms with van der Waals surface area (Å²) in [6, 6.07) is 14.6. The number of para-hydroxylation sites is 1. The lowest BCUT2D eigenvalue weighted by Gasteiger charge is -2.15. The van der Waals surface area contributed by atoms with Gasteiger partial charge in [0.2, 0.25) is 5.91 Å². The summed E-state index contributed by atoms with van der Waals surface area (Å²) >= 11 is 6.91. The molecule has 1 saturated heterocycles. The summed E-state index contributed by atoms with van der Waals surface area (Å²) in [5, 5.41) is 0.185. The Kier molecular flexibility index (Phi) is 4.67. The number of benzene rings is 2. The van der Waals surface area contributed by atoms with E-state index in [1.807, 2.05) is 6.07 Å². The van der Waals surface area contributed by atoms with E-state index < -0.39 is 15.3 Å². The maximum Gasteiger partial charge on any atom is 0.284 e. The van der Waals surface area contributed by atoms with E-state index in [-0.39, 0.29) is 16.0 Å². The first-order valence-electron chi connectivity index (χ1n) is 7.05. The molecule has 1 atom stereocenters. The lowest BCUT2D eigenvalue weighted by molar-refractivity contribution is -0.116. The Labute approximate surface area is 149 Å². The third-order valence-electron chi connectivity index (χ3n) is 3.37. The third-order valence-corrected chi connectivity index (χ3v) is 6.05. The number of halogens is 1. The van der Waals surface area contributed by atoms with Gasteiger partial charge in [-0.1, -0.05) is 41.6 Å². The molecule has 0 N–H and O–H groups in total. The summed E-state index contributed by atoms with van der Waals surface area (Å²) in [6.07, 6.45) is 0. The van der Waals surface area contributed by atoms with Crippen molar-refractivity contribution in [2.45, 2.75) is 17.1 Å². The van der Waals surface area contributed by atoms with E-state index in [9.17, 15) is 13.2 Å². The summed E-state index contributed by atoms with van der Waals surface area (Å²) in [4.78, 5) is 13.8. The first-order chi connectivity index (χ1) is 11.4. The van der Waals surface area contributed by atoms with Crippen LogP contribution in [-0.4, -0.2) is 24.7 Å². The zero-order chi connectivity index (χ0) is 17.3. The van der Waals surface area contributed by atoms with E-state index in [1.165, 1.54) is 29.2 Å². The van der Waals surface area contributed by atoms with Crippen LogP contribution in [0.5, 0.6) is 0 Å². The third kappa shape index (κ3) is 3.33. The molecule has 124 valence electrons. The van der Waals surface area contributed by atoms with Crippen molar-refractivity contribution in [3.05, 3.63) is 59.6 Å². The molecule has 1 unspecified atom stereocenters. The van der Waals surface area contributed by atoms with Gasteiger partial charge in [-0.15, -0.1) is 4.40 Å². The van der Waals surface area contributed by atoms with Crippen LogP contribution in [0.1, 0.15) is 6.92 Å². The molecule has 1 heterocycles. The summed E-state index contributed by atoms with van der Waals surface area (Å²) in [5.41, 5.74) is 0.587. The van der Waals surface area contributed by atoms with Crippen LogP contribution in [0.4, 0.5) is 5.69 Å². The molecule has 2 aromatic rings. The minimum atomic E-state index is -3.93. The maximum atomic E-state index is 12.5. The predicted octanol–water partition coefficient (Wildman–Crippen LogP) is 3.55. The molecular formula is C16H13ClN2O3S2. The van der Waals surface area contributed by atoms with Crippen molar-refractivity contribution in [2.75, 3.05) is 4.90 Å². The van der Waals surface area contributed by atoms with Crippen molar-refractivity contribution >= 4 is 50.1 Å². The smallest absolute Gasteiger partial charge is 0.273 e. The average Bonchev–Trinajstić information content (AvgIpc) is 2.82. The van der Waals surface area contributed by atoms with Crippen LogP contribution in [0.15, 0.2) is 63.9 Å². The molecule has 1 aliphatic rings. The van der Waals surface area contributed by atoms with Crippen LogP contribution in [0.2, 0.25) is 5.02 Å². The SMILES string of the molecule is CC1S/C(=N\S(=O)(=O)c2ccc(Cl)cc2)N(c2ccccc2)C1=O. The van der Waals surface area contributed by atoms with Crippen LogP contribution in [0, 0.1) is 0 Å². The Morgan fingerprint density at radius 1 is 1.08 bits per heavy atom.